The standard InChI is InChI=1S/C17H17N5O2S/c1-12(17(24)19-13-5-3-6-14(11-13)25-2)22-16(23)8-7-15(20-22)21-10-4-9-18-21/h3-12H,1-2H3,(H,19,24). The third-order valence-corrected chi connectivity index (χ3v) is 4.36. The van der Waals surface area contributed by atoms with Gasteiger partial charge in [-0.3, -0.25) is 9.59 Å². The predicted octanol–water partition coefficient (Wildman–Crippen LogP) is 2.35. The average molecular weight is 355 g/mol. The van der Waals surface area contributed by atoms with Gasteiger partial charge < -0.3 is 5.32 Å². The molecular weight excluding hydrogens is 338 g/mol. The van der Waals surface area contributed by atoms with E-state index in [1.165, 1.54) is 10.7 Å². The second-order valence-corrected chi connectivity index (χ2v) is 6.20. The van der Waals surface area contributed by atoms with E-state index in [0.29, 0.717) is 11.5 Å². The molecule has 0 aliphatic rings. The van der Waals surface area contributed by atoms with Crippen LogP contribution in [0, 0.1) is 0 Å². The van der Waals surface area contributed by atoms with Gasteiger partial charge in [-0.1, -0.05) is 6.07 Å². The van der Waals surface area contributed by atoms with Crippen molar-refractivity contribution in [2.24, 2.45) is 0 Å². The molecule has 1 amide bonds. The minimum absolute atomic E-state index is 0.314. The lowest BCUT2D eigenvalue weighted by Gasteiger charge is -2.15. The Hall–Kier alpha value is -2.87. The van der Waals surface area contributed by atoms with Crippen LogP contribution in [0.25, 0.3) is 5.82 Å². The summed E-state index contributed by atoms with van der Waals surface area (Å²) in [6.07, 6.45) is 5.30. The van der Waals surface area contributed by atoms with Gasteiger partial charge in [0, 0.05) is 29.0 Å². The van der Waals surface area contributed by atoms with Crippen molar-refractivity contribution >= 4 is 23.4 Å². The Morgan fingerprint density at radius 3 is 2.80 bits per heavy atom. The molecule has 2 aromatic heterocycles. The van der Waals surface area contributed by atoms with E-state index in [1.807, 2.05) is 24.5 Å². The van der Waals surface area contributed by atoms with Crippen molar-refractivity contribution in [1.82, 2.24) is 19.6 Å². The molecule has 1 N–H and O–H groups in total. The monoisotopic (exact) mass is 355 g/mol. The highest BCUT2D eigenvalue weighted by Crippen LogP contribution is 2.19. The van der Waals surface area contributed by atoms with E-state index in [-0.39, 0.29) is 11.5 Å². The van der Waals surface area contributed by atoms with Gasteiger partial charge in [0.05, 0.1) is 0 Å². The number of hydrogen-bond acceptors (Lipinski definition) is 5. The zero-order valence-electron chi connectivity index (χ0n) is 13.8. The molecule has 0 aliphatic carbocycles. The topological polar surface area (TPSA) is 81.8 Å². The van der Waals surface area contributed by atoms with Crippen LogP contribution < -0.4 is 10.9 Å². The van der Waals surface area contributed by atoms with Crippen LogP contribution in [0.3, 0.4) is 0 Å². The Kier molecular flexibility index (Phi) is 4.99. The van der Waals surface area contributed by atoms with Gasteiger partial charge in [0.2, 0.25) is 5.91 Å². The minimum Gasteiger partial charge on any atom is -0.324 e. The Bertz CT molecular complexity index is 936. The van der Waals surface area contributed by atoms with E-state index in [9.17, 15) is 9.59 Å². The van der Waals surface area contributed by atoms with Crippen molar-refractivity contribution in [2.75, 3.05) is 11.6 Å². The fourth-order valence-electron chi connectivity index (χ4n) is 2.28. The molecule has 2 heterocycles. The lowest BCUT2D eigenvalue weighted by Crippen LogP contribution is -2.33. The summed E-state index contributed by atoms with van der Waals surface area (Å²) in [4.78, 5) is 25.7. The second kappa shape index (κ2) is 7.35. The molecule has 128 valence electrons. The van der Waals surface area contributed by atoms with Crippen LogP contribution in [0.15, 0.2) is 64.5 Å². The third kappa shape index (κ3) is 3.80. The van der Waals surface area contributed by atoms with Gasteiger partial charge in [-0.05, 0) is 43.5 Å². The van der Waals surface area contributed by atoms with E-state index in [0.717, 1.165) is 9.58 Å². The smallest absolute Gasteiger partial charge is 0.267 e. The number of amides is 1. The molecule has 3 aromatic rings. The van der Waals surface area contributed by atoms with Crippen LogP contribution in [0.5, 0.6) is 0 Å². The number of nitrogens with one attached hydrogen (secondary N) is 1. The van der Waals surface area contributed by atoms with E-state index in [1.54, 1.807) is 49.3 Å². The van der Waals surface area contributed by atoms with Crippen LogP contribution in [0.4, 0.5) is 5.69 Å². The molecule has 1 aromatic carbocycles. The van der Waals surface area contributed by atoms with Crippen LogP contribution >= 0.6 is 11.8 Å². The molecule has 25 heavy (non-hydrogen) atoms. The average Bonchev–Trinajstić information content (AvgIpc) is 3.16. The molecule has 0 saturated carbocycles. The van der Waals surface area contributed by atoms with E-state index in [4.69, 9.17) is 0 Å². The Balaban J connectivity index is 1.84. The van der Waals surface area contributed by atoms with Gasteiger partial charge in [-0.2, -0.15) is 5.10 Å². The summed E-state index contributed by atoms with van der Waals surface area (Å²) in [7, 11) is 0. The molecule has 0 fully saturated rings. The lowest BCUT2D eigenvalue weighted by molar-refractivity contribution is -0.119. The first kappa shape index (κ1) is 17.0. The maximum Gasteiger partial charge on any atom is 0.267 e. The van der Waals surface area contributed by atoms with E-state index >= 15 is 0 Å². The SMILES string of the molecule is CSc1cccc(NC(=O)C(C)n2nc(-n3cccn3)ccc2=O)c1. The molecule has 0 bridgehead atoms. The number of hydrogen-bond donors (Lipinski definition) is 1. The number of aromatic nitrogens is 4. The third-order valence-electron chi connectivity index (χ3n) is 3.63. The summed E-state index contributed by atoms with van der Waals surface area (Å²) in [5, 5.41) is 11.2. The number of rotatable bonds is 5. The van der Waals surface area contributed by atoms with Gasteiger partial charge in [0.15, 0.2) is 5.82 Å². The van der Waals surface area contributed by atoms with E-state index in [2.05, 4.69) is 15.5 Å². The van der Waals surface area contributed by atoms with Crippen LogP contribution in [-0.2, 0) is 4.79 Å². The number of anilines is 1. The first-order valence-corrected chi connectivity index (χ1v) is 8.86. The minimum atomic E-state index is -0.763. The number of carbonyl (C=O) groups is 1. The van der Waals surface area contributed by atoms with Gasteiger partial charge in [-0.25, -0.2) is 9.36 Å². The highest BCUT2D eigenvalue weighted by molar-refractivity contribution is 7.98. The molecule has 1 unspecified atom stereocenters. The largest absolute Gasteiger partial charge is 0.324 e. The zero-order valence-corrected chi connectivity index (χ0v) is 14.6. The molecule has 0 aliphatic heterocycles. The second-order valence-electron chi connectivity index (χ2n) is 5.32. The first-order chi connectivity index (χ1) is 12.1. The summed E-state index contributed by atoms with van der Waals surface area (Å²) in [5.41, 5.74) is 0.330. The summed E-state index contributed by atoms with van der Waals surface area (Å²) in [5.74, 6) is 0.152. The Morgan fingerprint density at radius 2 is 2.08 bits per heavy atom. The molecule has 0 saturated heterocycles. The van der Waals surface area contributed by atoms with Crippen molar-refractivity contribution < 1.29 is 4.79 Å². The van der Waals surface area contributed by atoms with Gasteiger partial charge in [0.1, 0.15) is 6.04 Å². The molecule has 0 radical (unpaired) electrons. The quantitative estimate of drug-likeness (QED) is 0.711. The van der Waals surface area contributed by atoms with Crippen molar-refractivity contribution in [3.63, 3.8) is 0 Å². The lowest BCUT2D eigenvalue weighted by atomic mass is 10.2. The fraction of sp³-hybridized carbons (Fsp3) is 0.176. The summed E-state index contributed by atoms with van der Waals surface area (Å²) in [6.45, 7) is 1.63. The van der Waals surface area contributed by atoms with Crippen LogP contribution in [0.1, 0.15) is 13.0 Å². The molecule has 3 rings (SSSR count). The number of benzene rings is 1. The van der Waals surface area contributed by atoms with Crippen molar-refractivity contribution in [2.45, 2.75) is 17.9 Å². The van der Waals surface area contributed by atoms with E-state index < -0.39 is 6.04 Å². The molecule has 7 nitrogen and oxygen atoms in total. The highest BCUT2D eigenvalue weighted by atomic mass is 32.2. The number of nitrogens with zero attached hydrogens (tertiary/aromatic N) is 4. The molecule has 8 heteroatoms. The maximum atomic E-state index is 12.5. The zero-order chi connectivity index (χ0) is 17.8. The van der Waals surface area contributed by atoms with Crippen LogP contribution in [0.2, 0.25) is 0 Å². The van der Waals surface area contributed by atoms with Gasteiger partial charge in [-0.15, -0.1) is 16.9 Å². The molecule has 1 atom stereocenters. The summed E-state index contributed by atoms with van der Waals surface area (Å²) < 4.78 is 2.69. The normalized spacial score (nSPS) is 11.9. The molecular formula is C17H17N5O2S. The van der Waals surface area contributed by atoms with Crippen LogP contribution in [-0.4, -0.2) is 31.7 Å². The highest BCUT2D eigenvalue weighted by Gasteiger charge is 2.18. The van der Waals surface area contributed by atoms with Gasteiger partial charge >= 0.3 is 0 Å². The summed E-state index contributed by atoms with van der Waals surface area (Å²) in [6, 6.07) is 11.5. The van der Waals surface area contributed by atoms with Crippen molar-refractivity contribution in [3.05, 3.63) is 65.2 Å². The Morgan fingerprint density at radius 1 is 1.24 bits per heavy atom. The number of thioether (sulfide) groups is 1. The van der Waals surface area contributed by atoms with Gasteiger partial charge in [0.25, 0.3) is 5.56 Å². The Labute approximate surface area is 148 Å². The maximum absolute atomic E-state index is 12.5. The summed E-state index contributed by atoms with van der Waals surface area (Å²) >= 11 is 1.59. The number of carbonyl (C=O) groups excluding carboxylic acids is 1. The molecule has 0 spiro atoms. The fourth-order valence-corrected chi connectivity index (χ4v) is 2.74. The predicted molar refractivity (Wildman–Crippen MR) is 97.2 cm³/mol. The van der Waals surface area contributed by atoms with Crippen molar-refractivity contribution in [1.29, 1.82) is 0 Å². The first-order valence-electron chi connectivity index (χ1n) is 7.63. The van der Waals surface area contributed by atoms with Crippen molar-refractivity contribution in [3.8, 4) is 5.82 Å².